The van der Waals surface area contributed by atoms with Gasteiger partial charge in [-0.2, -0.15) is 0 Å². The van der Waals surface area contributed by atoms with Crippen LogP contribution in [0.3, 0.4) is 0 Å². The summed E-state index contributed by atoms with van der Waals surface area (Å²) in [7, 11) is 0. The first kappa shape index (κ1) is 10.7. The van der Waals surface area contributed by atoms with Crippen molar-refractivity contribution in [2.45, 2.75) is 50.4 Å². The van der Waals surface area contributed by atoms with Gasteiger partial charge in [-0.1, -0.05) is 0 Å². The first-order chi connectivity index (χ1) is 6.91. The van der Waals surface area contributed by atoms with Gasteiger partial charge in [0.25, 0.3) is 0 Å². The Morgan fingerprint density at radius 1 is 1.07 bits per heavy atom. The fourth-order valence-corrected chi connectivity index (χ4v) is 12.3. The zero-order valence-electron chi connectivity index (χ0n) is 10.5. The summed E-state index contributed by atoms with van der Waals surface area (Å²) in [6.07, 6.45) is 7.68. The van der Waals surface area contributed by atoms with E-state index < -0.39 is 18.4 Å². The van der Waals surface area contributed by atoms with Crippen LogP contribution in [-0.2, 0) is 0 Å². The van der Waals surface area contributed by atoms with Gasteiger partial charge >= 0.3 is 98.6 Å². The molecule has 1 heteroatoms. The van der Waals surface area contributed by atoms with Crippen LogP contribution in [0, 0.1) is 17.8 Å². The number of allylic oxidation sites excluding steroid dienone is 1. The standard InChI is InChI=1S/C11H15.3CH3.Sn/c1-7-10-3-8-2-9(5-10)6-11(7)4-8;;;;/h8,10-11H,1-6H2;3*1H3;/t8?,10-,11+;;;;. The third-order valence-electron chi connectivity index (χ3n) is 5.83. The Hall–Kier alpha value is 0.539. The topological polar surface area (TPSA) is 0 Å². The molecule has 4 bridgehead atoms. The molecule has 4 aliphatic rings. The van der Waals surface area contributed by atoms with E-state index in [1.807, 2.05) is 0 Å². The van der Waals surface area contributed by atoms with E-state index in [2.05, 4.69) is 21.4 Å². The van der Waals surface area contributed by atoms with Gasteiger partial charge < -0.3 is 0 Å². The Labute approximate surface area is 98.4 Å². The average molecular weight is 311 g/mol. The second-order valence-corrected chi connectivity index (χ2v) is 23.3. The minimum atomic E-state index is -1.74. The molecular weight excluding hydrogens is 287 g/mol. The van der Waals surface area contributed by atoms with Crippen LogP contribution in [0.4, 0.5) is 0 Å². The fraction of sp³-hybridized carbons (Fsp3) is 0.857. The Morgan fingerprint density at radius 3 is 2.07 bits per heavy atom. The third kappa shape index (κ3) is 1.39. The molecule has 0 amide bonds. The summed E-state index contributed by atoms with van der Waals surface area (Å²) in [4.78, 5) is 8.01. The molecule has 0 aliphatic heterocycles. The normalized spacial score (nSPS) is 48.7. The van der Waals surface area contributed by atoms with Crippen molar-refractivity contribution in [1.82, 2.24) is 0 Å². The number of hydrogen-bond donors (Lipinski definition) is 0. The van der Waals surface area contributed by atoms with Crippen molar-refractivity contribution in [3.8, 4) is 0 Å². The molecule has 0 N–H and O–H groups in total. The van der Waals surface area contributed by atoms with E-state index in [0.29, 0.717) is 0 Å². The number of rotatable bonds is 1. The summed E-state index contributed by atoms with van der Waals surface area (Å²) < 4.78 is 0.867. The van der Waals surface area contributed by atoms with E-state index >= 15 is 0 Å². The monoisotopic (exact) mass is 312 g/mol. The molecular formula is C14H24Sn. The van der Waals surface area contributed by atoms with E-state index in [0.717, 1.165) is 21.2 Å². The average Bonchev–Trinajstić information content (AvgIpc) is 2.10. The van der Waals surface area contributed by atoms with E-state index in [1.54, 1.807) is 24.8 Å². The second-order valence-electron chi connectivity index (χ2n) is 7.45. The molecule has 0 saturated heterocycles. The van der Waals surface area contributed by atoms with Crippen LogP contribution < -0.4 is 0 Å². The van der Waals surface area contributed by atoms with Gasteiger partial charge in [0, 0.05) is 0 Å². The van der Waals surface area contributed by atoms with Crippen LogP contribution in [0.2, 0.25) is 18.2 Å². The third-order valence-corrected chi connectivity index (χ3v) is 16.7. The van der Waals surface area contributed by atoms with Crippen molar-refractivity contribution in [1.29, 1.82) is 0 Å². The van der Waals surface area contributed by atoms with Gasteiger partial charge in [0.05, 0.1) is 0 Å². The van der Waals surface area contributed by atoms with Crippen molar-refractivity contribution < 1.29 is 0 Å². The summed E-state index contributed by atoms with van der Waals surface area (Å²) >= 11 is -1.74. The molecule has 0 aromatic heterocycles. The first-order valence-corrected chi connectivity index (χ1v) is 16.6. The molecule has 0 nitrogen and oxygen atoms in total. The Balaban J connectivity index is 1.99. The van der Waals surface area contributed by atoms with Crippen molar-refractivity contribution in [2.75, 3.05) is 0 Å². The van der Waals surface area contributed by atoms with Crippen LogP contribution in [-0.4, -0.2) is 18.4 Å². The molecule has 4 aliphatic carbocycles. The van der Waals surface area contributed by atoms with E-state index in [4.69, 9.17) is 0 Å². The fourth-order valence-electron chi connectivity index (χ4n) is 4.80. The molecule has 4 rings (SSSR count). The van der Waals surface area contributed by atoms with Crippen LogP contribution in [0.15, 0.2) is 12.2 Å². The zero-order chi connectivity index (χ0) is 10.8. The van der Waals surface area contributed by atoms with Crippen molar-refractivity contribution in [3.05, 3.63) is 12.2 Å². The quantitative estimate of drug-likeness (QED) is 0.495. The predicted octanol–water partition coefficient (Wildman–Crippen LogP) is 4.46. The Kier molecular flexibility index (Phi) is 2.17. The molecule has 4 atom stereocenters. The SMILES string of the molecule is C=C1[C@@H]2CC3C[C@H]1C[C]([Sn]([CH3])([CH3])[CH3])(C3)C2. The maximum atomic E-state index is 4.39. The second kappa shape index (κ2) is 3.05. The molecule has 2 unspecified atom stereocenters. The summed E-state index contributed by atoms with van der Waals surface area (Å²) in [5, 5.41) is 0. The molecule has 0 radical (unpaired) electrons. The van der Waals surface area contributed by atoms with Crippen LogP contribution >= 0.6 is 0 Å². The summed E-state index contributed by atoms with van der Waals surface area (Å²) in [5.41, 5.74) is 1.65. The van der Waals surface area contributed by atoms with Gasteiger partial charge in [-0.15, -0.1) is 0 Å². The molecule has 84 valence electrons. The Bertz CT molecular complexity index is 292. The van der Waals surface area contributed by atoms with Gasteiger partial charge in [0.1, 0.15) is 0 Å². The molecule has 15 heavy (non-hydrogen) atoms. The molecule has 4 saturated carbocycles. The van der Waals surface area contributed by atoms with E-state index in [-0.39, 0.29) is 0 Å². The molecule has 0 heterocycles. The predicted molar refractivity (Wildman–Crippen MR) is 68.7 cm³/mol. The van der Waals surface area contributed by atoms with Gasteiger partial charge in [-0.05, 0) is 0 Å². The number of hydrogen-bond acceptors (Lipinski definition) is 0. The van der Waals surface area contributed by atoms with Gasteiger partial charge in [0.2, 0.25) is 0 Å². The molecule has 0 aromatic rings. The van der Waals surface area contributed by atoms with Crippen LogP contribution in [0.25, 0.3) is 0 Å². The zero-order valence-corrected chi connectivity index (χ0v) is 13.3. The first-order valence-electron chi connectivity index (χ1n) is 6.60. The Morgan fingerprint density at radius 2 is 1.60 bits per heavy atom. The van der Waals surface area contributed by atoms with E-state index in [9.17, 15) is 0 Å². The van der Waals surface area contributed by atoms with Crippen molar-refractivity contribution in [2.24, 2.45) is 17.8 Å². The van der Waals surface area contributed by atoms with Crippen molar-refractivity contribution in [3.63, 3.8) is 0 Å². The minimum absolute atomic E-state index is 0.867. The molecule has 4 fully saturated rings. The molecule has 0 spiro atoms. The maximum absolute atomic E-state index is 4.39. The van der Waals surface area contributed by atoms with Crippen molar-refractivity contribution >= 4 is 18.4 Å². The van der Waals surface area contributed by atoms with Gasteiger partial charge in [-0.25, -0.2) is 0 Å². The van der Waals surface area contributed by atoms with Gasteiger partial charge in [-0.3, -0.25) is 0 Å². The van der Waals surface area contributed by atoms with E-state index in [1.165, 1.54) is 12.8 Å². The van der Waals surface area contributed by atoms with Crippen LogP contribution in [0.5, 0.6) is 0 Å². The summed E-state index contributed by atoms with van der Waals surface area (Å²) in [5.74, 6) is 2.96. The summed E-state index contributed by atoms with van der Waals surface area (Å²) in [6.45, 7) is 4.39. The van der Waals surface area contributed by atoms with Crippen LogP contribution in [0.1, 0.15) is 32.1 Å². The van der Waals surface area contributed by atoms with Gasteiger partial charge in [0.15, 0.2) is 0 Å². The summed E-state index contributed by atoms with van der Waals surface area (Å²) in [6, 6.07) is 0. The molecule has 0 aromatic carbocycles.